The molecule has 0 saturated carbocycles. The van der Waals surface area contributed by atoms with Crippen LogP contribution in [0.15, 0.2) is 60.8 Å². The van der Waals surface area contributed by atoms with E-state index in [1.807, 2.05) is 36.4 Å². The van der Waals surface area contributed by atoms with Crippen molar-refractivity contribution in [3.05, 3.63) is 70.9 Å². The Hall–Kier alpha value is -2.75. The Labute approximate surface area is 109 Å². The zero-order valence-corrected chi connectivity index (χ0v) is 9.98. The molecule has 19 heavy (non-hydrogen) atoms. The molecule has 0 aliphatic heterocycles. The van der Waals surface area contributed by atoms with Gasteiger partial charge in [-0.15, -0.1) is 0 Å². The van der Waals surface area contributed by atoms with Gasteiger partial charge in [0.15, 0.2) is 0 Å². The van der Waals surface area contributed by atoms with Gasteiger partial charge in [-0.25, -0.2) is 0 Å². The maximum atomic E-state index is 10.9. The predicted molar refractivity (Wildman–Crippen MR) is 73.8 cm³/mol. The van der Waals surface area contributed by atoms with Crippen molar-refractivity contribution in [3.8, 4) is 11.1 Å². The summed E-state index contributed by atoms with van der Waals surface area (Å²) >= 11 is 0. The van der Waals surface area contributed by atoms with Gasteiger partial charge in [-0.1, -0.05) is 30.3 Å². The number of benzene rings is 2. The first-order chi connectivity index (χ1) is 9.25. The number of hydrogen-bond donors (Lipinski definition) is 0. The molecule has 3 aromatic rings. The molecule has 0 aliphatic carbocycles. The number of nitro groups is 1. The number of aromatic nitrogens is 1. The van der Waals surface area contributed by atoms with Crippen LogP contribution < -0.4 is 0 Å². The highest BCUT2D eigenvalue weighted by Crippen LogP contribution is 2.29. The quantitative estimate of drug-likeness (QED) is 0.513. The molecular weight excluding hydrogens is 240 g/mol. The van der Waals surface area contributed by atoms with Gasteiger partial charge in [-0.2, -0.15) is 0 Å². The Kier molecular flexibility index (Phi) is 2.68. The molecular formula is C15H10N2O2. The largest absolute Gasteiger partial charge is 0.270 e. The van der Waals surface area contributed by atoms with Crippen molar-refractivity contribution in [1.82, 2.24) is 4.98 Å². The highest BCUT2D eigenvalue weighted by molar-refractivity contribution is 5.95. The van der Waals surface area contributed by atoms with Crippen LogP contribution in [-0.2, 0) is 0 Å². The van der Waals surface area contributed by atoms with Crippen LogP contribution in [0.5, 0.6) is 0 Å². The zero-order chi connectivity index (χ0) is 13.2. The Morgan fingerprint density at radius 3 is 2.53 bits per heavy atom. The lowest BCUT2D eigenvalue weighted by molar-refractivity contribution is -0.384. The minimum absolute atomic E-state index is 0.0812. The molecule has 0 radical (unpaired) electrons. The van der Waals surface area contributed by atoms with Gasteiger partial charge < -0.3 is 0 Å². The van der Waals surface area contributed by atoms with Crippen LogP contribution in [0.2, 0.25) is 0 Å². The summed E-state index contributed by atoms with van der Waals surface area (Å²) in [5, 5.41) is 11.7. The second-order valence-electron chi connectivity index (χ2n) is 4.18. The van der Waals surface area contributed by atoms with Gasteiger partial charge in [0.2, 0.25) is 0 Å². The summed E-state index contributed by atoms with van der Waals surface area (Å²) in [5.74, 6) is 0. The fourth-order valence-corrected chi connectivity index (χ4v) is 2.12. The third kappa shape index (κ3) is 2.04. The molecule has 4 nitrogen and oxygen atoms in total. The van der Waals surface area contributed by atoms with Crippen molar-refractivity contribution < 1.29 is 4.92 Å². The third-order valence-electron chi connectivity index (χ3n) is 3.02. The van der Waals surface area contributed by atoms with Gasteiger partial charge in [0.1, 0.15) is 0 Å². The molecule has 0 atom stereocenters. The molecule has 0 fully saturated rings. The number of pyridine rings is 1. The first-order valence-corrected chi connectivity index (χ1v) is 5.84. The van der Waals surface area contributed by atoms with E-state index in [1.54, 1.807) is 18.3 Å². The first kappa shape index (κ1) is 11.3. The van der Waals surface area contributed by atoms with Gasteiger partial charge in [0.25, 0.3) is 5.69 Å². The molecule has 0 aliphatic rings. The Morgan fingerprint density at radius 1 is 1.00 bits per heavy atom. The summed E-state index contributed by atoms with van der Waals surface area (Å²) in [6.07, 6.45) is 1.72. The molecule has 1 heterocycles. The molecule has 1 aromatic heterocycles. The monoisotopic (exact) mass is 250 g/mol. The van der Waals surface area contributed by atoms with E-state index in [9.17, 15) is 10.1 Å². The maximum Gasteiger partial charge on any atom is 0.270 e. The highest BCUT2D eigenvalue weighted by atomic mass is 16.6. The second kappa shape index (κ2) is 4.49. The predicted octanol–water partition coefficient (Wildman–Crippen LogP) is 3.81. The average molecular weight is 250 g/mol. The van der Waals surface area contributed by atoms with E-state index in [4.69, 9.17) is 0 Å². The first-order valence-electron chi connectivity index (χ1n) is 5.84. The Morgan fingerprint density at radius 2 is 1.79 bits per heavy atom. The molecule has 0 saturated heterocycles. The lowest BCUT2D eigenvalue weighted by Gasteiger charge is -2.05. The maximum absolute atomic E-state index is 10.9. The number of hydrogen-bond acceptors (Lipinski definition) is 3. The number of fused-ring (bicyclic) bond motifs is 1. The fourth-order valence-electron chi connectivity index (χ4n) is 2.12. The van der Waals surface area contributed by atoms with Gasteiger partial charge in [-0.05, 0) is 23.3 Å². The van der Waals surface area contributed by atoms with Crippen LogP contribution in [0.3, 0.4) is 0 Å². The lowest BCUT2D eigenvalue weighted by atomic mass is 10.0. The SMILES string of the molecule is O=[N+]([O-])c1ccc2nccc(-c3ccccc3)c2c1. The smallest absolute Gasteiger partial charge is 0.258 e. The van der Waals surface area contributed by atoms with E-state index in [-0.39, 0.29) is 10.6 Å². The number of nitro benzene ring substituents is 1. The summed E-state index contributed by atoms with van der Waals surface area (Å²) in [6.45, 7) is 0. The summed E-state index contributed by atoms with van der Waals surface area (Å²) < 4.78 is 0. The van der Waals surface area contributed by atoms with Gasteiger partial charge in [-0.3, -0.25) is 15.1 Å². The minimum atomic E-state index is -0.388. The number of rotatable bonds is 2. The van der Waals surface area contributed by atoms with Crippen molar-refractivity contribution in [2.24, 2.45) is 0 Å². The summed E-state index contributed by atoms with van der Waals surface area (Å²) in [4.78, 5) is 14.7. The average Bonchev–Trinajstić information content (AvgIpc) is 2.47. The molecule has 3 rings (SSSR count). The van der Waals surface area contributed by atoms with E-state index in [0.717, 1.165) is 22.0 Å². The Bertz CT molecular complexity index is 754. The van der Waals surface area contributed by atoms with Gasteiger partial charge in [0, 0.05) is 23.7 Å². The minimum Gasteiger partial charge on any atom is -0.258 e. The van der Waals surface area contributed by atoms with E-state index >= 15 is 0 Å². The zero-order valence-electron chi connectivity index (χ0n) is 9.98. The molecule has 0 bridgehead atoms. The molecule has 2 aromatic carbocycles. The van der Waals surface area contributed by atoms with Crippen molar-refractivity contribution >= 4 is 16.6 Å². The molecule has 0 N–H and O–H groups in total. The van der Waals surface area contributed by atoms with Gasteiger partial charge in [0.05, 0.1) is 10.4 Å². The number of nitrogens with zero attached hydrogens (tertiary/aromatic N) is 2. The Balaban J connectivity index is 2.30. The van der Waals surface area contributed by atoms with Crippen LogP contribution in [0.25, 0.3) is 22.0 Å². The van der Waals surface area contributed by atoms with E-state index in [2.05, 4.69) is 4.98 Å². The van der Waals surface area contributed by atoms with Crippen molar-refractivity contribution in [2.45, 2.75) is 0 Å². The van der Waals surface area contributed by atoms with Crippen molar-refractivity contribution in [1.29, 1.82) is 0 Å². The molecule has 4 heteroatoms. The second-order valence-corrected chi connectivity index (χ2v) is 4.18. The normalized spacial score (nSPS) is 10.5. The lowest BCUT2D eigenvalue weighted by Crippen LogP contribution is -1.90. The molecule has 0 amide bonds. The standard InChI is InChI=1S/C15H10N2O2/c18-17(19)12-6-7-15-14(10-12)13(8-9-16-15)11-4-2-1-3-5-11/h1-10H. The van der Waals surface area contributed by atoms with E-state index in [0.29, 0.717) is 0 Å². The van der Waals surface area contributed by atoms with Crippen LogP contribution in [0.4, 0.5) is 5.69 Å². The van der Waals surface area contributed by atoms with E-state index < -0.39 is 0 Å². The fraction of sp³-hybridized carbons (Fsp3) is 0. The van der Waals surface area contributed by atoms with Crippen LogP contribution in [0, 0.1) is 10.1 Å². The van der Waals surface area contributed by atoms with Crippen LogP contribution in [-0.4, -0.2) is 9.91 Å². The van der Waals surface area contributed by atoms with E-state index in [1.165, 1.54) is 6.07 Å². The van der Waals surface area contributed by atoms with Gasteiger partial charge >= 0.3 is 0 Å². The molecule has 0 unspecified atom stereocenters. The third-order valence-corrected chi connectivity index (χ3v) is 3.02. The summed E-state index contributed by atoms with van der Waals surface area (Å²) in [6, 6.07) is 16.4. The summed E-state index contributed by atoms with van der Waals surface area (Å²) in [5.41, 5.74) is 2.81. The van der Waals surface area contributed by atoms with Crippen LogP contribution in [0.1, 0.15) is 0 Å². The van der Waals surface area contributed by atoms with Crippen molar-refractivity contribution in [3.63, 3.8) is 0 Å². The summed E-state index contributed by atoms with van der Waals surface area (Å²) in [7, 11) is 0. The van der Waals surface area contributed by atoms with Crippen LogP contribution >= 0.6 is 0 Å². The highest BCUT2D eigenvalue weighted by Gasteiger charge is 2.10. The van der Waals surface area contributed by atoms with Crippen molar-refractivity contribution in [2.75, 3.05) is 0 Å². The molecule has 92 valence electrons. The molecule has 0 spiro atoms. The topological polar surface area (TPSA) is 56.0 Å². The number of non-ortho nitro benzene ring substituents is 1.